The number of carbonyl (C=O) groups excluding carboxylic acids is 3. The molecule has 0 spiro atoms. The van der Waals surface area contributed by atoms with E-state index in [9.17, 15) is 14.4 Å². The molecular formula is C17H22N2O4. The van der Waals surface area contributed by atoms with Gasteiger partial charge in [-0.25, -0.2) is 0 Å². The molecule has 6 nitrogen and oxygen atoms in total. The van der Waals surface area contributed by atoms with Gasteiger partial charge in [0.2, 0.25) is 5.91 Å². The lowest BCUT2D eigenvalue weighted by molar-refractivity contribution is -0.121. The molecule has 1 aliphatic rings. The van der Waals surface area contributed by atoms with Crippen molar-refractivity contribution in [3.05, 3.63) is 35.4 Å². The molecule has 1 aliphatic heterocycles. The average Bonchev–Trinajstić information content (AvgIpc) is 2.80. The van der Waals surface area contributed by atoms with Crippen LogP contribution in [-0.4, -0.2) is 47.4 Å². The Kier molecular flexibility index (Phi) is 6.29. The number of benzene rings is 1. The van der Waals surface area contributed by atoms with E-state index in [-0.39, 0.29) is 37.3 Å². The molecule has 0 atom stereocenters. The topological polar surface area (TPSA) is 86.7 Å². The Hall–Kier alpha value is -2.21. The van der Waals surface area contributed by atoms with Gasteiger partial charge in [0, 0.05) is 26.1 Å². The zero-order chi connectivity index (χ0) is 16.7. The molecule has 0 bridgehead atoms. The van der Waals surface area contributed by atoms with Crippen molar-refractivity contribution in [2.75, 3.05) is 19.7 Å². The van der Waals surface area contributed by atoms with Crippen LogP contribution in [0.25, 0.3) is 0 Å². The predicted molar refractivity (Wildman–Crippen MR) is 85.0 cm³/mol. The van der Waals surface area contributed by atoms with Crippen LogP contribution in [0.1, 0.15) is 52.8 Å². The molecule has 23 heavy (non-hydrogen) atoms. The summed E-state index contributed by atoms with van der Waals surface area (Å²) in [5, 5.41) is 11.5. The summed E-state index contributed by atoms with van der Waals surface area (Å²) in [4.78, 5) is 37.2. The molecule has 0 saturated carbocycles. The van der Waals surface area contributed by atoms with Crippen molar-refractivity contribution in [3.8, 4) is 0 Å². The highest BCUT2D eigenvalue weighted by Crippen LogP contribution is 2.22. The second kappa shape index (κ2) is 8.43. The number of hydrogen-bond donors (Lipinski definition) is 2. The SMILES string of the molecule is O=C(CCCN1C(=O)c2ccccc2C1=O)NCCCCCO. The van der Waals surface area contributed by atoms with Crippen molar-refractivity contribution in [1.29, 1.82) is 0 Å². The Labute approximate surface area is 135 Å². The predicted octanol–water partition coefficient (Wildman–Crippen LogP) is 1.34. The van der Waals surface area contributed by atoms with E-state index in [1.54, 1.807) is 24.3 Å². The summed E-state index contributed by atoms with van der Waals surface area (Å²) in [6.07, 6.45) is 3.20. The fourth-order valence-electron chi connectivity index (χ4n) is 2.57. The average molecular weight is 318 g/mol. The summed E-state index contributed by atoms with van der Waals surface area (Å²) >= 11 is 0. The van der Waals surface area contributed by atoms with Gasteiger partial charge in [-0.05, 0) is 37.8 Å². The molecule has 1 heterocycles. The molecule has 1 aromatic rings. The maximum atomic E-state index is 12.1. The minimum absolute atomic E-state index is 0.0781. The van der Waals surface area contributed by atoms with Gasteiger partial charge >= 0.3 is 0 Å². The van der Waals surface area contributed by atoms with Gasteiger partial charge in [-0.2, -0.15) is 0 Å². The van der Waals surface area contributed by atoms with Gasteiger partial charge in [-0.3, -0.25) is 19.3 Å². The number of hydrogen-bond acceptors (Lipinski definition) is 4. The first-order chi connectivity index (χ1) is 11.1. The highest BCUT2D eigenvalue weighted by molar-refractivity contribution is 6.21. The van der Waals surface area contributed by atoms with E-state index in [0.717, 1.165) is 19.3 Å². The number of nitrogens with zero attached hydrogens (tertiary/aromatic N) is 1. The molecule has 6 heteroatoms. The Morgan fingerprint density at radius 1 is 1.00 bits per heavy atom. The molecule has 0 aromatic heterocycles. The van der Waals surface area contributed by atoms with E-state index in [4.69, 9.17) is 5.11 Å². The van der Waals surface area contributed by atoms with Gasteiger partial charge in [0.1, 0.15) is 0 Å². The molecule has 2 rings (SSSR count). The molecule has 3 amide bonds. The fraction of sp³-hybridized carbons (Fsp3) is 0.471. The largest absolute Gasteiger partial charge is 0.396 e. The lowest BCUT2D eigenvalue weighted by Gasteiger charge is -2.13. The maximum absolute atomic E-state index is 12.1. The summed E-state index contributed by atoms with van der Waals surface area (Å²) in [5.41, 5.74) is 0.872. The van der Waals surface area contributed by atoms with Gasteiger partial charge < -0.3 is 10.4 Å². The van der Waals surface area contributed by atoms with Gasteiger partial charge in [0.05, 0.1) is 11.1 Å². The fourth-order valence-corrected chi connectivity index (χ4v) is 2.57. The number of carbonyl (C=O) groups is 3. The first-order valence-electron chi connectivity index (χ1n) is 7.98. The van der Waals surface area contributed by atoms with Crippen LogP contribution in [0.3, 0.4) is 0 Å². The minimum atomic E-state index is -0.282. The third-order valence-electron chi connectivity index (χ3n) is 3.82. The Morgan fingerprint density at radius 2 is 1.65 bits per heavy atom. The van der Waals surface area contributed by atoms with E-state index in [1.165, 1.54) is 4.90 Å². The van der Waals surface area contributed by atoms with Crippen molar-refractivity contribution >= 4 is 17.7 Å². The highest BCUT2D eigenvalue weighted by Gasteiger charge is 2.34. The molecule has 0 fully saturated rings. The molecule has 0 saturated heterocycles. The van der Waals surface area contributed by atoms with Crippen molar-refractivity contribution in [1.82, 2.24) is 10.2 Å². The van der Waals surface area contributed by atoms with Crippen molar-refractivity contribution < 1.29 is 19.5 Å². The second-order valence-electron chi connectivity index (χ2n) is 5.55. The number of aliphatic hydroxyl groups is 1. The quantitative estimate of drug-likeness (QED) is 0.531. The number of imide groups is 1. The van der Waals surface area contributed by atoms with E-state index in [1.807, 2.05) is 0 Å². The van der Waals surface area contributed by atoms with Gasteiger partial charge in [0.15, 0.2) is 0 Å². The molecular weight excluding hydrogens is 296 g/mol. The monoisotopic (exact) mass is 318 g/mol. The Bertz CT molecular complexity index is 551. The van der Waals surface area contributed by atoms with E-state index >= 15 is 0 Å². The molecule has 0 unspecified atom stereocenters. The molecule has 1 aromatic carbocycles. The van der Waals surface area contributed by atoms with Crippen molar-refractivity contribution in [2.24, 2.45) is 0 Å². The molecule has 0 radical (unpaired) electrons. The highest BCUT2D eigenvalue weighted by atomic mass is 16.3. The van der Waals surface area contributed by atoms with Crippen LogP contribution in [-0.2, 0) is 4.79 Å². The standard InChI is InChI=1S/C17H22N2O4/c20-12-5-1-4-10-18-15(21)9-6-11-19-16(22)13-7-2-3-8-14(13)17(19)23/h2-3,7-8,20H,1,4-6,9-12H2,(H,18,21). The zero-order valence-corrected chi connectivity index (χ0v) is 13.1. The molecule has 2 N–H and O–H groups in total. The number of amides is 3. The number of nitrogens with one attached hydrogen (secondary N) is 1. The van der Waals surface area contributed by atoms with E-state index in [2.05, 4.69) is 5.32 Å². The Morgan fingerprint density at radius 3 is 2.26 bits per heavy atom. The van der Waals surface area contributed by atoms with Crippen LogP contribution < -0.4 is 5.32 Å². The van der Waals surface area contributed by atoms with Crippen LogP contribution >= 0.6 is 0 Å². The van der Waals surface area contributed by atoms with Crippen LogP contribution in [0.15, 0.2) is 24.3 Å². The van der Waals surface area contributed by atoms with Gasteiger partial charge in [0.25, 0.3) is 11.8 Å². The molecule has 0 aliphatic carbocycles. The van der Waals surface area contributed by atoms with E-state index < -0.39 is 0 Å². The van der Waals surface area contributed by atoms with Crippen LogP contribution in [0, 0.1) is 0 Å². The minimum Gasteiger partial charge on any atom is -0.396 e. The smallest absolute Gasteiger partial charge is 0.261 e. The van der Waals surface area contributed by atoms with Crippen molar-refractivity contribution in [3.63, 3.8) is 0 Å². The zero-order valence-electron chi connectivity index (χ0n) is 13.1. The first-order valence-corrected chi connectivity index (χ1v) is 7.98. The van der Waals surface area contributed by atoms with Crippen LogP contribution in [0.5, 0.6) is 0 Å². The number of rotatable bonds is 9. The van der Waals surface area contributed by atoms with Gasteiger partial charge in [-0.1, -0.05) is 12.1 Å². The summed E-state index contributed by atoms with van der Waals surface area (Å²) < 4.78 is 0. The maximum Gasteiger partial charge on any atom is 0.261 e. The lowest BCUT2D eigenvalue weighted by atomic mass is 10.1. The Balaban J connectivity index is 1.70. The normalized spacial score (nSPS) is 13.3. The number of unbranched alkanes of at least 4 members (excludes halogenated alkanes) is 2. The second-order valence-corrected chi connectivity index (χ2v) is 5.55. The van der Waals surface area contributed by atoms with E-state index in [0.29, 0.717) is 24.1 Å². The number of aliphatic hydroxyl groups excluding tert-OH is 1. The van der Waals surface area contributed by atoms with Crippen LogP contribution in [0.2, 0.25) is 0 Å². The first kappa shape index (κ1) is 17.1. The molecule has 124 valence electrons. The van der Waals surface area contributed by atoms with Crippen LogP contribution in [0.4, 0.5) is 0 Å². The third-order valence-corrected chi connectivity index (χ3v) is 3.82. The van der Waals surface area contributed by atoms with Crippen molar-refractivity contribution in [2.45, 2.75) is 32.1 Å². The number of fused-ring (bicyclic) bond motifs is 1. The van der Waals surface area contributed by atoms with Gasteiger partial charge in [-0.15, -0.1) is 0 Å². The summed E-state index contributed by atoms with van der Waals surface area (Å²) in [6, 6.07) is 6.76. The third kappa shape index (κ3) is 4.39. The lowest BCUT2D eigenvalue weighted by Crippen LogP contribution is -2.32. The summed E-state index contributed by atoms with van der Waals surface area (Å²) in [6.45, 7) is 1.02. The summed E-state index contributed by atoms with van der Waals surface area (Å²) in [5.74, 6) is -0.643. The summed E-state index contributed by atoms with van der Waals surface area (Å²) in [7, 11) is 0.